The fraction of sp³-hybridized carbons (Fsp3) is 0.435. The standard InChI is InChI=1S/C23H29N3OS/c1-27-22-13-6-5-8-17(22)16-26-20-11-7-12-21(26)15-19(14-20)25-23(28)24-18-9-3-2-4-10-18/h2-6,8-10,13,19-21H,7,11-12,14-16H2,1H3,(H2,24,25,28)/t20-,21-/m1/s1. The summed E-state index contributed by atoms with van der Waals surface area (Å²) in [5.74, 6) is 0.995. The molecule has 0 radical (unpaired) electrons. The molecule has 0 aliphatic carbocycles. The number of thiocarbonyl (C=S) groups is 1. The molecular formula is C23H29N3OS. The topological polar surface area (TPSA) is 36.5 Å². The van der Waals surface area contributed by atoms with Gasteiger partial charge >= 0.3 is 0 Å². The van der Waals surface area contributed by atoms with Gasteiger partial charge in [-0.15, -0.1) is 0 Å². The first-order valence-electron chi connectivity index (χ1n) is 10.2. The number of anilines is 1. The van der Waals surface area contributed by atoms with Crippen LogP contribution in [-0.4, -0.2) is 35.2 Å². The van der Waals surface area contributed by atoms with Crippen LogP contribution in [0.1, 0.15) is 37.7 Å². The summed E-state index contributed by atoms with van der Waals surface area (Å²) < 4.78 is 5.57. The number of benzene rings is 2. The van der Waals surface area contributed by atoms with E-state index in [2.05, 4.69) is 33.7 Å². The molecule has 0 unspecified atom stereocenters. The third kappa shape index (κ3) is 4.47. The number of hydrogen-bond acceptors (Lipinski definition) is 3. The van der Waals surface area contributed by atoms with Crippen LogP contribution in [0.2, 0.25) is 0 Å². The lowest BCUT2D eigenvalue weighted by atomic mass is 9.81. The summed E-state index contributed by atoms with van der Waals surface area (Å²) in [6.45, 7) is 0.971. The minimum absolute atomic E-state index is 0.438. The van der Waals surface area contributed by atoms with Crippen molar-refractivity contribution in [3.8, 4) is 5.75 Å². The van der Waals surface area contributed by atoms with Gasteiger partial charge in [0.25, 0.3) is 0 Å². The Hall–Kier alpha value is -2.11. The molecule has 2 aromatic rings. The van der Waals surface area contributed by atoms with Crippen LogP contribution in [0.5, 0.6) is 5.75 Å². The maximum absolute atomic E-state index is 5.57. The summed E-state index contributed by atoms with van der Waals surface area (Å²) in [5.41, 5.74) is 2.32. The zero-order chi connectivity index (χ0) is 19.3. The number of ether oxygens (including phenoxy) is 1. The number of fused-ring (bicyclic) bond motifs is 2. The fourth-order valence-corrected chi connectivity index (χ4v) is 5.04. The van der Waals surface area contributed by atoms with Gasteiger partial charge in [-0.2, -0.15) is 0 Å². The number of nitrogens with zero attached hydrogens (tertiary/aromatic N) is 1. The number of para-hydroxylation sites is 2. The van der Waals surface area contributed by atoms with Crippen molar-refractivity contribution in [1.29, 1.82) is 0 Å². The molecule has 28 heavy (non-hydrogen) atoms. The lowest BCUT2D eigenvalue weighted by Crippen LogP contribution is -2.56. The number of rotatable bonds is 5. The Kier molecular flexibility index (Phi) is 6.13. The third-order valence-corrected chi connectivity index (χ3v) is 6.26. The lowest BCUT2D eigenvalue weighted by Gasteiger charge is -2.49. The van der Waals surface area contributed by atoms with Crippen molar-refractivity contribution in [3.63, 3.8) is 0 Å². The predicted octanol–water partition coefficient (Wildman–Crippen LogP) is 4.57. The summed E-state index contributed by atoms with van der Waals surface area (Å²) in [7, 11) is 1.76. The number of piperidine rings is 2. The van der Waals surface area contributed by atoms with Gasteiger partial charge in [0.1, 0.15) is 5.75 Å². The average Bonchev–Trinajstić information content (AvgIpc) is 2.69. The maximum atomic E-state index is 5.57. The van der Waals surface area contributed by atoms with Gasteiger partial charge in [0.2, 0.25) is 0 Å². The van der Waals surface area contributed by atoms with Gasteiger partial charge in [-0.25, -0.2) is 0 Å². The van der Waals surface area contributed by atoms with Gasteiger partial charge in [0.05, 0.1) is 7.11 Å². The normalized spacial score (nSPS) is 24.4. The molecule has 0 aromatic heterocycles. The van der Waals surface area contributed by atoms with Crippen LogP contribution < -0.4 is 15.4 Å². The van der Waals surface area contributed by atoms with E-state index in [9.17, 15) is 0 Å². The fourth-order valence-electron chi connectivity index (χ4n) is 4.76. The van der Waals surface area contributed by atoms with Crippen molar-refractivity contribution >= 4 is 23.0 Å². The largest absolute Gasteiger partial charge is 0.496 e. The summed E-state index contributed by atoms with van der Waals surface area (Å²) in [6, 6.07) is 20.2. The maximum Gasteiger partial charge on any atom is 0.170 e. The Morgan fingerprint density at radius 3 is 2.43 bits per heavy atom. The Balaban J connectivity index is 1.38. The van der Waals surface area contributed by atoms with E-state index in [0.717, 1.165) is 35.9 Å². The van der Waals surface area contributed by atoms with Crippen LogP contribution in [0.4, 0.5) is 5.69 Å². The molecule has 4 rings (SSSR count). The molecule has 5 heteroatoms. The van der Waals surface area contributed by atoms with E-state index in [0.29, 0.717) is 18.1 Å². The van der Waals surface area contributed by atoms with E-state index >= 15 is 0 Å². The smallest absolute Gasteiger partial charge is 0.170 e. The van der Waals surface area contributed by atoms with Gasteiger partial charge in [0.15, 0.2) is 5.11 Å². The van der Waals surface area contributed by atoms with E-state index in [1.165, 1.54) is 24.8 Å². The molecule has 4 nitrogen and oxygen atoms in total. The molecule has 148 valence electrons. The van der Waals surface area contributed by atoms with Crippen LogP contribution in [0.15, 0.2) is 54.6 Å². The van der Waals surface area contributed by atoms with Gasteiger partial charge in [-0.3, -0.25) is 4.90 Å². The molecule has 0 spiro atoms. The van der Waals surface area contributed by atoms with Gasteiger partial charge in [-0.1, -0.05) is 42.8 Å². The molecule has 2 N–H and O–H groups in total. The highest BCUT2D eigenvalue weighted by Crippen LogP contribution is 2.36. The highest BCUT2D eigenvalue weighted by Gasteiger charge is 2.38. The van der Waals surface area contributed by atoms with Crippen LogP contribution in [-0.2, 0) is 6.54 Å². The number of hydrogen-bond donors (Lipinski definition) is 2. The summed E-state index contributed by atoms with van der Waals surface area (Å²) in [6.07, 6.45) is 6.15. The first-order valence-corrected chi connectivity index (χ1v) is 10.6. The van der Waals surface area contributed by atoms with Gasteiger partial charge in [-0.05, 0) is 56.1 Å². The molecule has 2 atom stereocenters. The molecule has 2 heterocycles. The van der Waals surface area contributed by atoms with Crippen molar-refractivity contribution in [2.75, 3.05) is 12.4 Å². The third-order valence-electron chi connectivity index (χ3n) is 6.04. The molecule has 0 saturated carbocycles. The molecule has 2 aliphatic heterocycles. The Labute approximate surface area is 173 Å². The zero-order valence-corrected chi connectivity index (χ0v) is 17.3. The number of methoxy groups -OCH3 is 1. The molecule has 2 aromatic carbocycles. The second-order valence-corrected chi connectivity index (χ2v) is 8.26. The summed E-state index contributed by atoms with van der Waals surface area (Å²) in [5, 5.41) is 7.61. The van der Waals surface area contributed by atoms with Crippen molar-refractivity contribution < 1.29 is 4.74 Å². The van der Waals surface area contributed by atoms with Crippen LogP contribution in [0.25, 0.3) is 0 Å². The second-order valence-electron chi connectivity index (χ2n) is 7.86. The SMILES string of the molecule is COc1ccccc1CN1[C@@H]2CCC[C@@H]1CC(NC(=S)Nc1ccccc1)C2. The van der Waals surface area contributed by atoms with Crippen molar-refractivity contribution in [3.05, 3.63) is 60.2 Å². The minimum atomic E-state index is 0.438. The van der Waals surface area contributed by atoms with E-state index in [1.54, 1.807) is 7.11 Å². The Bertz CT molecular complexity index is 783. The van der Waals surface area contributed by atoms with Crippen molar-refractivity contribution in [2.24, 2.45) is 0 Å². The van der Waals surface area contributed by atoms with Gasteiger partial charge in [0, 0.05) is 35.9 Å². The molecular weight excluding hydrogens is 366 g/mol. The molecule has 0 amide bonds. The Morgan fingerprint density at radius 2 is 1.71 bits per heavy atom. The highest BCUT2D eigenvalue weighted by atomic mass is 32.1. The quantitative estimate of drug-likeness (QED) is 0.726. The van der Waals surface area contributed by atoms with E-state index in [4.69, 9.17) is 17.0 Å². The van der Waals surface area contributed by atoms with Crippen LogP contribution in [0.3, 0.4) is 0 Å². The van der Waals surface area contributed by atoms with Crippen molar-refractivity contribution in [2.45, 2.75) is 56.8 Å². The predicted molar refractivity (Wildman–Crippen MR) is 119 cm³/mol. The summed E-state index contributed by atoms with van der Waals surface area (Å²) >= 11 is 5.56. The lowest BCUT2D eigenvalue weighted by molar-refractivity contribution is 0.0206. The average molecular weight is 396 g/mol. The van der Waals surface area contributed by atoms with E-state index < -0.39 is 0 Å². The summed E-state index contributed by atoms with van der Waals surface area (Å²) in [4.78, 5) is 2.70. The minimum Gasteiger partial charge on any atom is -0.496 e. The van der Waals surface area contributed by atoms with Gasteiger partial charge < -0.3 is 15.4 Å². The molecule has 2 bridgehead atoms. The monoisotopic (exact) mass is 395 g/mol. The molecule has 2 fully saturated rings. The van der Waals surface area contributed by atoms with Crippen LogP contribution >= 0.6 is 12.2 Å². The van der Waals surface area contributed by atoms with E-state index in [1.807, 2.05) is 36.4 Å². The van der Waals surface area contributed by atoms with Crippen LogP contribution in [0, 0.1) is 0 Å². The number of nitrogens with one attached hydrogen (secondary N) is 2. The van der Waals surface area contributed by atoms with E-state index in [-0.39, 0.29) is 0 Å². The first kappa shape index (κ1) is 19.2. The molecule has 2 saturated heterocycles. The first-order chi connectivity index (χ1) is 13.7. The Morgan fingerprint density at radius 1 is 1.04 bits per heavy atom. The second kappa shape index (κ2) is 8.93. The highest BCUT2D eigenvalue weighted by molar-refractivity contribution is 7.80. The zero-order valence-electron chi connectivity index (χ0n) is 16.4. The van der Waals surface area contributed by atoms with Crippen molar-refractivity contribution in [1.82, 2.24) is 10.2 Å². The molecule has 2 aliphatic rings.